The maximum Gasteiger partial charge on any atom is 0.124 e. The highest BCUT2D eigenvalue weighted by Gasteiger charge is 2.11. The van der Waals surface area contributed by atoms with E-state index in [1.807, 2.05) is 32.9 Å². The Balaban J connectivity index is 3.17. The van der Waals surface area contributed by atoms with Crippen LogP contribution in [0.2, 0.25) is 5.02 Å². The molecule has 0 aliphatic rings. The molecule has 0 bridgehead atoms. The van der Waals surface area contributed by atoms with Crippen molar-refractivity contribution in [3.8, 4) is 5.75 Å². The van der Waals surface area contributed by atoms with Crippen LogP contribution < -0.4 is 4.74 Å². The molecule has 0 N–H and O–H groups in total. The van der Waals surface area contributed by atoms with E-state index in [0.717, 1.165) is 21.9 Å². The number of alkyl halides is 1. The molecule has 3 heteroatoms. The zero-order valence-corrected chi connectivity index (χ0v) is 10.1. The Morgan fingerprint density at radius 2 is 2.07 bits per heavy atom. The maximum absolute atomic E-state index is 6.03. The van der Waals surface area contributed by atoms with Crippen LogP contribution >= 0.6 is 23.2 Å². The van der Waals surface area contributed by atoms with Crippen molar-refractivity contribution in [2.75, 3.05) is 6.61 Å². The summed E-state index contributed by atoms with van der Waals surface area (Å²) in [5.41, 5.74) is 1.96. The van der Waals surface area contributed by atoms with Crippen LogP contribution in [0.25, 0.3) is 0 Å². The molecule has 14 heavy (non-hydrogen) atoms. The van der Waals surface area contributed by atoms with Gasteiger partial charge in [0.05, 0.1) is 12.0 Å². The van der Waals surface area contributed by atoms with E-state index in [1.54, 1.807) is 0 Å². The van der Waals surface area contributed by atoms with Crippen molar-refractivity contribution in [2.24, 2.45) is 0 Å². The molecule has 0 saturated carbocycles. The van der Waals surface area contributed by atoms with Crippen LogP contribution in [0.5, 0.6) is 5.75 Å². The van der Waals surface area contributed by atoms with Gasteiger partial charge in [-0.05, 0) is 38.5 Å². The smallest absolute Gasteiger partial charge is 0.124 e. The zero-order valence-electron chi connectivity index (χ0n) is 8.60. The van der Waals surface area contributed by atoms with Gasteiger partial charge in [-0.15, -0.1) is 11.6 Å². The largest absolute Gasteiger partial charge is 0.494 e. The first kappa shape index (κ1) is 11.7. The molecule has 0 fully saturated rings. The summed E-state index contributed by atoms with van der Waals surface area (Å²) in [6.07, 6.45) is 0. The fourth-order valence-corrected chi connectivity index (χ4v) is 1.60. The van der Waals surface area contributed by atoms with E-state index in [-0.39, 0.29) is 5.38 Å². The molecule has 1 unspecified atom stereocenters. The highest BCUT2D eigenvalue weighted by molar-refractivity contribution is 6.31. The average Bonchev–Trinajstić information content (AvgIpc) is 2.11. The number of aryl methyl sites for hydroxylation is 1. The van der Waals surface area contributed by atoms with Gasteiger partial charge in [0, 0.05) is 10.6 Å². The first-order valence-electron chi connectivity index (χ1n) is 4.63. The van der Waals surface area contributed by atoms with E-state index in [9.17, 15) is 0 Å². The summed E-state index contributed by atoms with van der Waals surface area (Å²) in [7, 11) is 0. The van der Waals surface area contributed by atoms with Crippen LogP contribution in [-0.2, 0) is 0 Å². The molecule has 0 amide bonds. The number of benzene rings is 1. The molecule has 0 aliphatic carbocycles. The molecule has 1 nitrogen and oxygen atoms in total. The first-order valence-corrected chi connectivity index (χ1v) is 5.44. The standard InChI is InChI=1S/C11H14Cl2O/c1-4-14-11-5-7(2)10(13)6-9(11)8(3)12/h5-6,8H,4H2,1-3H3. The Hall–Kier alpha value is -0.400. The topological polar surface area (TPSA) is 9.23 Å². The highest BCUT2D eigenvalue weighted by Crippen LogP contribution is 2.33. The summed E-state index contributed by atoms with van der Waals surface area (Å²) >= 11 is 12.0. The van der Waals surface area contributed by atoms with Crippen molar-refractivity contribution in [1.29, 1.82) is 0 Å². The number of ether oxygens (including phenoxy) is 1. The minimum absolute atomic E-state index is 0.0883. The van der Waals surface area contributed by atoms with Gasteiger partial charge >= 0.3 is 0 Å². The lowest BCUT2D eigenvalue weighted by molar-refractivity contribution is 0.336. The molecular weight excluding hydrogens is 219 g/mol. The van der Waals surface area contributed by atoms with Crippen LogP contribution in [0, 0.1) is 6.92 Å². The normalized spacial score (nSPS) is 12.6. The van der Waals surface area contributed by atoms with E-state index in [4.69, 9.17) is 27.9 Å². The SMILES string of the molecule is CCOc1cc(C)c(Cl)cc1C(C)Cl. The summed E-state index contributed by atoms with van der Waals surface area (Å²) in [5, 5.41) is 0.644. The molecule has 1 rings (SSSR count). The Kier molecular flexibility index (Phi) is 4.09. The van der Waals surface area contributed by atoms with Gasteiger partial charge in [-0.25, -0.2) is 0 Å². The van der Waals surface area contributed by atoms with Crippen LogP contribution in [-0.4, -0.2) is 6.61 Å². The van der Waals surface area contributed by atoms with Crippen LogP contribution in [0.1, 0.15) is 30.4 Å². The second kappa shape index (κ2) is 4.90. The molecule has 0 spiro atoms. The minimum Gasteiger partial charge on any atom is -0.494 e. The molecule has 78 valence electrons. The van der Waals surface area contributed by atoms with Gasteiger partial charge in [-0.2, -0.15) is 0 Å². The van der Waals surface area contributed by atoms with E-state index < -0.39 is 0 Å². The van der Waals surface area contributed by atoms with E-state index in [2.05, 4.69) is 0 Å². The lowest BCUT2D eigenvalue weighted by Crippen LogP contribution is -1.98. The zero-order chi connectivity index (χ0) is 10.7. The van der Waals surface area contributed by atoms with Crippen molar-refractivity contribution in [3.63, 3.8) is 0 Å². The Morgan fingerprint density at radius 3 is 2.57 bits per heavy atom. The summed E-state index contributed by atoms with van der Waals surface area (Å²) in [4.78, 5) is 0. The van der Waals surface area contributed by atoms with Crippen molar-refractivity contribution in [3.05, 3.63) is 28.3 Å². The van der Waals surface area contributed by atoms with E-state index in [1.165, 1.54) is 0 Å². The molecule has 1 atom stereocenters. The first-order chi connectivity index (χ1) is 6.56. The van der Waals surface area contributed by atoms with Crippen molar-refractivity contribution in [1.82, 2.24) is 0 Å². The predicted molar refractivity (Wildman–Crippen MR) is 61.6 cm³/mol. The Bertz CT molecular complexity index is 321. The third-order valence-electron chi connectivity index (χ3n) is 2.02. The number of rotatable bonds is 3. The monoisotopic (exact) mass is 232 g/mol. The third kappa shape index (κ3) is 2.55. The molecule has 0 radical (unpaired) electrons. The minimum atomic E-state index is -0.0883. The Morgan fingerprint density at radius 1 is 1.43 bits per heavy atom. The second-order valence-electron chi connectivity index (χ2n) is 3.19. The molecule has 0 aliphatic heterocycles. The summed E-state index contributed by atoms with van der Waals surface area (Å²) in [6, 6.07) is 3.81. The lowest BCUT2D eigenvalue weighted by atomic mass is 10.1. The molecule has 1 aromatic rings. The van der Waals surface area contributed by atoms with Gasteiger partial charge < -0.3 is 4.74 Å². The Labute approximate surface area is 95.0 Å². The maximum atomic E-state index is 6.03. The van der Waals surface area contributed by atoms with Crippen molar-refractivity contribution < 1.29 is 4.74 Å². The highest BCUT2D eigenvalue weighted by atomic mass is 35.5. The predicted octanol–water partition coefficient (Wildman–Crippen LogP) is 4.35. The van der Waals surface area contributed by atoms with Crippen LogP contribution in [0.4, 0.5) is 0 Å². The number of hydrogen-bond acceptors (Lipinski definition) is 1. The van der Waals surface area contributed by atoms with Crippen molar-refractivity contribution >= 4 is 23.2 Å². The second-order valence-corrected chi connectivity index (χ2v) is 4.25. The summed E-state index contributed by atoms with van der Waals surface area (Å²) < 4.78 is 5.49. The van der Waals surface area contributed by atoms with Crippen molar-refractivity contribution in [2.45, 2.75) is 26.1 Å². The van der Waals surface area contributed by atoms with E-state index in [0.29, 0.717) is 6.61 Å². The lowest BCUT2D eigenvalue weighted by Gasteiger charge is -2.13. The third-order valence-corrected chi connectivity index (χ3v) is 2.66. The number of hydrogen-bond donors (Lipinski definition) is 0. The van der Waals surface area contributed by atoms with Crippen LogP contribution in [0.3, 0.4) is 0 Å². The number of halogens is 2. The molecular formula is C11H14Cl2O. The summed E-state index contributed by atoms with van der Waals surface area (Å²) in [5.74, 6) is 0.830. The molecule has 0 aromatic heterocycles. The van der Waals surface area contributed by atoms with Gasteiger partial charge in [0.2, 0.25) is 0 Å². The van der Waals surface area contributed by atoms with E-state index >= 15 is 0 Å². The average molecular weight is 233 g/mol. The fraction of sp³-hybridized carbons (Fsp3) is 0.455. The fourth-order valence-electron chi connectivity index (χ4n) is 1.26. The van der Waals surface area contributed by atoms with Gasteiger partial charge in [0.1, 0.15) is 5.75 Å². The van der Waals surface area contributed by atoms with Gasteiger partial charge in [0.15, 0.2) is 0 Å². The molecule has 1 aromatic carbocycles. The van der Waals surface area contributed by atoms with Gasteiger partial charge in [0.25, 0.3) is 0 Å². The van der Waals surface area contributed by atoms with Gasteiger partial charge in [-0.3, -0.25) is 0 Å². The van der Waals surface area contributed by atoms with Crippen LogP contribution in [0.15, 0.2) is 12.1 Å². The summed E-state index contributed by atoms with van der Waals surface area (Å²) in [6.45, 7) is 6.45. The molecule has 0 heterocycles. The van der Waals surface area contributed by atoms with Gasteiger partial charge in [-0.1, -0.05) is 11.6 Å². The molecule has 0 saturated heterocycles. The quantitative estimate of drug-likeness (QED) is 0.705.